The van der Waals surface area contributed by atoms with Gasteiger partial charge in [0.25, 0.3) is 0 Å². The van der Waals surface area contributed by atoms with Crippen molar-refractivity contribution < 1.29 is 9.69 Å². The van der Waals surface area contributed by atoms with Crippen molar-refractivity contribution in [1.29, 1.82) is 0 Å². The lowest BCUT2D eigenvalue weighted by molar-refractivity contribution is -0.877. The van der Waals surface area contributed by atoms with Crippen LogP contribution in [0.15, 0.2) is 0 Å². The highest BCUT2D eigenvalue weighted by atomic mass is 16.1. The highest BCUT2D eigenvalue weighted by Crippen LogP contribution is 2.01. The maximum Gasteiger partial charge on any atom is 0.187 e. The van der Waals surface area contributed by atoms with Crippen molar-refractivity contribution >= 4 is 5.78 Å². The summed E-state index contributed by atoms with van der Waals surface area (Å²) in [6.07, 6.45) is 0.803. The molecule has 0 aliphatic carbocycles. The quantitative estimate of drug-likeness (QED) is 0.449. The second-order valence-electron chi connectivity index (χ2n) is 3.19. The van der Waals surface area contributed by atoms with E-state index in [0.717, 1.165) is 19.5 Å². The predicted octanol–water partition coefficient (Wildman–Crippen LogP) is -0.890. The Labute approximate surface area is 55.8 Å². The molecular weight excluding hydrogens is 114 g/mol. The zero-order valence-corrected chi connectivity index (χ0v) is 6.11. The summed E-state index contributed by atoms with van der Waals surface area (Å²) in [5, 5.41) is 0. The van der Waals surface area contributed by atoms with Crippen LogP contribution >= 0.6 is 0 Å². The number of rotatable bonds is 0. The van der Waals surface area contributed by atoms with Crippen LogP contribution < -0.4 is 4.90 Å². The van der Waals surface area contributed by atoms with E-state index >= 15 is 0 Å². The molecule has 1 rings (SSSR count). The molecule has 1 N–H and O–H groups in total. The average Bonchev–Trinajstić information content (AvgIpc) is 1.59. The zero-order chi connectivity index (χ0) is 6.85. The fourth-order valence-corrected chi connectivity index (χ4v) is 1.54. The van der Waals surface area contributed by atoms with Crippen LogP contribution in [0.25, 0.3) is 0 Å². The monoisotopic (exact) mass is 128 g/mol. The molecule has 0 aromatic carbocycles. The molecule has 1 saturated heterocycles. The third-order valence-corrected chi connectivity index (χ3v) is 1.77. The van der Waals surface area contributed by atoms with Gasteiger partial charge in [0.1, 0.15) is 6.54 Å². The molecule has 2 nitrogen and oxygen atoms in total. The number of quaternary nitrogens is 1. The second-order valence-corrected chi connectivity index (χ2v) is 3.19. The number of hydrogen-bond donors (Lipinski definition) is 1. The maximum atomic E-state index is 10.9. The van der Waals surface area contributed by atoms with E-state index in [1.54, 1.807) is 0 Å². The van der Waals surface area contributed by atoms with Crippen LogP contribution in [0.3, 0.4) is 0 Å². The van der Waals surface area contributed by atoms with Gasteiger partial charge in [-0.25, -0.2) is 0 Å². The molecule has 1 aliphatic rings. The number of hydrogen-bond acceptors (Lipinski definition) is 1. The normalized spacial score (nSPS) is 36.9. The Balaban J connectivity index is 2.43. The molecule has 0 bridgehead atoms. The standard InChI is InChI=1S/C7H13NO/c1-6-3-7(9)5-8(2)4-6/h6H,3-5H2,1-2H3/p+1/t6-/m1/s1. The number of nitrogens with one attached hydrogen (secondary N) is 1. The number of piperidine rings is 1. The summed E-state index contributed by atoms with van der Waals surface area (Å²) in [6, 6.07) is 0. The lowest BCUT2D eigenvalue weighted by Gasteiger charge is -2.22. The Morgan fingerprint density at radius 2 is 2.33 bits per heavy atom. The van der Waals surface area contributed by atoms with Crippen molar-refractivity contribution in [2.24, 2.45) is 5.92 Å². The van der Waals surface area contributed by atoms with Crippen LogP contribution in [0.2, 0.25) is 0 Å². The van der Waals surface area contributed by atoms with E-state index < -0.39 is 0 Å². The molecule has 9 heavy (non-hydrogen) atoms. The Kier molecular flexibility index (Phi) is 1.86. The number of likely N-dealkylation sites (N-methyl/N-ethyl adjacent to an activating group) is 1. The molecular formula is C7H14NO+. The summed E-state index contributed by atoms with van der Waals surface area (Å²) in [7, 11) is 2.08. The average molecular weight is 128 g/mol. The lowest BCUT2D eigenvalue weighted by Crippen LogP contribution is -3.11. The number of Topliss-reactive ketones (excluding diaryl/α,β-unsaturated/α-hetero) is 1. The predicted molar refractivity (Wildman–Crippen MR) is 35.4 cm³/mol. The molecule has 2 atom stereocenters. The molecule has 0 radical (unpaired) electrons. The number of ketones is 1. The van der Waals surface area contributed by atoms with Crippen LogP contribution in [0.5, 0.6) is 0 Å². The molecule has 0 aromatic heterocycles. The molecule has 2 heteroatoms. The van der Waals surface area contributed by atoms with Crippen molar-refractivity contribution in [3.63, 3.8) is 0 Å². The first-order chi connectivity index (χ1) is 4.18. The van der Waals surface area contributed by atoms with Gasteiger partial charge in [0.2, 0.25) is 0 Å². The fraction of sp³-hybridized carbons (Fsp3) is 0.857. The molecule has 0 spiro atoms. The summed E-state index contributed by atoms with van der Waals surface area (Å²) in [5.74, 6) is 1.03. The first kappa shape index (κ1) is 6.75. The van der Waals surface area contributed by atoms with E-state index in [9.17, 15) is 4.79 Å². The molecule has 0 aromatic rings. The summed E-state index contributed by atoms with van der Waals surface area (Å²) in [5.41, 5.74) is 0. The molecule has 1 aliphatic heterocycles. The molecule has 0 saturated carbocycles. The van der Waals surface area contributed by atoms with Crippen LogP contribution in [0, 0.1) is 5.92 Å². The van der Waals surface area contributed by atoms with Crippen molar-refractivity contribution in [3.05, 3.63) is 0 Å². The van der Waals surface area contributed by atoms with Gasteiger partial charge in [-0.05, 0) is 0 Å². The minimum absolute atomic E-state index is 0.422. The Hall–Kier alpha value is -0.370. The van der Waals surface area contributed by atoms with Gasteiger partial charge in [-0.15, -0.1) is 0 Å². The third-order valence-electron chi connectivity index (χ3n) is 1.77. The number of carbonyl (C=O) groups is 1. The third kappa shape index (κ3) is 1.79. The molecule has 1 unspecified atom stereocenters. The van der Waals surface area contributed by atoms with Gasteiger partial charge < -0.3 is 4.90 Å². The van der Waals surface area contributed by atoms with Crippen LogP contribution in [0.4, 0.5) is 0 Å². The first-order valence-corrected chi connectivity index (χ1v) is 3.51. The molecule has 52 valence electrons. The minimum atomic E-state index is 0.422. The SMILES string of the molecule is C[C@@H]1CC(=O)C[NH+](C)C1. The lowest BCUT2D eigenvalue weighted by atomic mass is 10.0. The topological polar surface area (TPSA) is 21.5 Å². The van der Waals surface area contributed by atoms with Gasteiger partial charge >= 0.3 is 0 Å². The van der Waals surface area contributed by atoms with E-state index in [-0.39, 0.29) is 0 Å². The van der Waals surface area contributed by atoms with Crippen LogP contribution in [0.1, 0.15) is 13.3 Å². The van der Waals surface area contributed by atoms with E-state index in [1.807, 2.05) is 0 Å². The first-order valence-electron chi connectivity index (χ1n) is 3.51. The van der Waals surface area contributed by atoms with Crippen molar-refractivity contribution in [2.45, 2.75) is 13.3 Å². The molecule has 1 heterocycles. The largest absolute Gasteiger partial charge is 0.331 e. The van der Waals surface area contributed by atoms with Crippen molar-refractivity contribution in [1.82, 2.24) is 0 Å². The van der Waals surface area contributed by atoms with Gasteiger partial charge in [-0.1, -0.05) is 6.92 Å². The second kappa shape index (κ2) is 2.48. The fourth-order valence-electron chi connectivity index (χ4n) is 1.54. The Morgan fingerprint density at radius 1 is 1.67 bits per heavy atom. The van der Waals surface area contributed by atoms with E-state index in [0.29, 0.717) is 11.7 Å². The van der Waals surface area contributed by atoms with Gasteiger partial charge in [-0.2, -0.15) is 0 Å². The molecule has 1 fully saturated rings. The molecule has 0 amide bonds. The van der Waals surface area contributed by atoms with Gasteiger partial charge in [-0.3, -0.25) is 4.79 Å². The van der Waals surface area contributed by atoms with Gasteiger partial charge in [0.05, 0.1) is 13.6 Å². The summed E-state index contributed by atoms with van der Waals surface area (Å²) in [4.78, 5) is 12.2. The van der Waals surface area contributed by atoms with Crippen molar-refractivity contribution in [2.75, 3.05) is 20.1 Å². The Bertz CT molecular complexity index is 110. The Morgan fingerprint density at radius 3 is 2.78 bits per heavy atom. The van der Waals surface area contributed by atoms with Crippen LogP contribution in [-0.4, -0.2) is 25.9 Å². The number of carbonyl (C=O) groups excluding carboxylic acids is 1. The summed E-state index contributed by atoms with van der Waals surface area (Å²) >= 11 is 0. The maximum absolute atomic E-state index is 10.9. The highest BCUT2D eigenvalue weighted by Gasteiger charge is 2.22. The van der Waals surface area contributed by atoms with E-state index in [1.165, 1.54) is 4.90 Å². The summed E-state index contributed by atoms with van der Waals surface area (Å²) < 4.78 is 0. The van der Waals surface area contributed by atoms with E-state index in [4.69, 9.17) is 0 Å². The number of likely N-dealkylation sites (tertiary alicyclic amines) is 1. The van der Waals surface area contributed by atoms with Crippen LogP contribution in [-0.2, 0) is 4.79 Å². The van der Waals surface area contributed by atoms with E-state index in [2.05, 4.69) is 14.0 Å². The highest BCUT2D eigenvalue weighted by molar-refractivity contribution is 5.79. The minimum Gasteiger partial charge on any atom is -0.331 e. The van der Waals surface area contributed by atoms with Gasteiger partial charge in [0.15, 0.2) is 5.78 Å². The zero-order valence-electron chi connectivity index (χ0n) is 6.11. The van der Waals surface area contributed by atoms with Crippen molar-refractivity contribution in [3.8, 4) is 0 Å². The summed E-state index contributed by atoms with van der Waals surface area (Å²) in [6.45, 7) is 4.04. The van der Waals surface area contributed by atoms with Gasteiger partial charge in [0, 0.05) is 12.3 Å². The smallest absolute Gasteiger partial charge is 0.187 e.